The van der Waals surface area contributed by atoms with Gasteiger partial charge < -0.3 is 4.74 Å². The Morgan fingerprint density at radius 3 is 2.65 bits per heavy atom. The number of allylic oxidation sites excluding steroid dienone is 5. The molecule has 0 amide bonds. The molecule has 0 atom stereocenters. The van der Waals surface area contributed by atoms with Gasteiger partial charge in [0, 0.05) is 12.0 Å². The maximum Gasteiger partial charge on any atom is 0.159 e. The summed E-state index contributed by atoms with van der Waals surface area (Å²) < 4.78 is 5.37. The van der Waals surface area contributed by atoms with Gasteiger partial charge in [-0.2, -0.15) is 0 Å². The molecule has 1 fully saturated rings. The number of rotatable bonds is 4. The number of carbonyl (C=O) groups is 1. The molecule has 0 unspecified atom stereocenters. The van der Waals surface area contributed by atoms with Gasteiger partial charge in [0.15, 0.2) is 5.78 Å². The average Bonchev–Trinajstić information content (AvgIpc) is 2.63. The molecule has 20 heavy (non-hydrogen) atoms. The molecular formula is C18H26O2. The Labute approximate surface area is 122 Å². The Morgan fingerprint density at radius 1 is 1.30 bits per heavy atom. The van der Waals surface area contributed by atoms with Crippen LogP contribution in [0.25, 0.3) is 0 Å². The zero-order valence-corrected chi connectivity index (χ0v) is 12.9. The van der Waals surface area contributed by atoms with Crippen molar-refractivity contribution in [3.05, 3.63) is 35.1 Å². The highest BCUT2D eigenvalue weighted by atomic mass is 16.5. The van der Waals surface area contributed by atoms with Crippen molar-refractivity contribution >= 4 is 5.78 Å². The lowest BCUT2D eigenvalue weighted by molar-refractivity contribution is -0.116. The fourth-order valence-electron chi connectivity index (χ4n) is 3.12. The molecule has 1 saturated carbocycles. The summed E-state index contributed by atoms with van der Waals surface area (Å²) in [5.41, 5.74) is 1.98. The summed E-state index contributed by atoms with van der Waals surface area (Å²) in [7, 11) is 1.67. The van der Waals surface area contributed by atoms with E-state index in [1.54, 1.807) is 7.11 Å². The first-order valence-electron chi connectivity index (χ1n) is 7.75. The van der Waals surface area contributed by atoms with Crippen LogP contribution in [0.4, 0.5) is 0 Å². The van der Waals surface area contributed by atoms with Crippen molar-refractivity contribution in [2.24, 2.45) is 11.8 Å². The number of ether oxygens (including phenoxy) is 1. The van der Waals surface area contributed by atoms with Crippen LogP contribution in [0.1, 0.15) is 52.4 Å². The minimum atomic E-state index is 0.304. The lowest BCUT2D eigenvalue weighted by atomic mass is 9.80. The van der Waals surface area contributed by atoms with Crippen LogP contribution in [-0.4, -0.2) is 12.9 Å². The van der Waals surface area contributed by atoms with Gasteiger partial charge in [-0.05, 0) is 49.7 Å². The number of carbonyl (C=O) groups excluding carboxylic acids is 1. The van der Waals surface area contributed by atoms with E-state index in [9.17, 15) is 4.79 Å². The maximum atomic E-state index is 12.5. The summed E-state index contributed by atoms with van der Waals surface area (Å²) >= 11 is 0. The quantitative estimate of drug-likeness (QED) is 0.750. The molecule has 0 radical (unpaired) electrons. The third-order valence-corrected chi connectivity index (χ3v) is 4.59. The summed E-state index contributed by atoms with van der Waals surface area (Å²) in [5.74, 6) is 2.55. The van der Waals surface area contributed by atoms with E-state index in [4.69, 9.17) is 4.74 Å². The van der Waals surface area contributed by atoms with E-state index < -0.39 is 0 Å². The Bertz CT molecular complexity index is 446. The standard InChI is InChI=1S/C18H26O2/c1-13-7-9-15(10-8-13)11-17(19)16-6-4-5-14(2)18(12-16)20-3/h4-5,12-13,15H,6-11H2,1-3H3. The number of hydrogen-bond acceptors (Lipinski definition) is 2. The molecule has 2 heteroatoms. The summed E-state index contributed by atoms with van der Waals surface area (Å²) in [5, 5.41) is 0. The second-order valence-electron chi connectivity index (χ2n) is 6.28. The van der Waals surface area contributed by atoms with E-state index in [-0.39, 0.29) is 0 Å². The van der Waals surface area contributed by atoms with Crippen molar-refractivity contribution in [2.45, 2.75) is 52.4 Å². The lowest BCUT2D eigenvalue weighted by Crippen LogP contribution is -2.17. The molecule has 0 aromatic rings. The predicted molar refractivity (Wildman–Crippen MR) is 82.3 cm³/mol. The highest BCUT2D eigenvalue weighted by Crippen LogP contribution is 2.31. The van der Waals surface area contributed by atoms with Crippen molar-refractivity contribution in [3.63, 3.8) is 0 Å². The molecule has 0 bridgehead atoms. The number of ketones is 1. The molecule has 2 nitrogen and oxygen atoms in total. The molecule has 0 heterocycles. The molecule has 0 saturated heterocycles. The van der Waals surface area contributed by atoms with E-state index >= 15 is 0 Å². The molecule has 0 aliphatic heterocycles. The predicted octanol–water partition coefficient (Wildman–Crippen LogP) is 4.58. The van der Waals surface area contributed by atoms with Gasteiger partial charge in [-0.25, -0.2) is 0 Å². The first kappa shape index (κ1) is 15.1. The second-order valence-corrected chi connectivity index (χ2v) is 6.28. The van der Waals surface area contributed by atoms with Crippen LogP contribution in [-0.2, 0) is 9.53 Å². The molecule has 0 aromatic heterocycles. The van der Waals surface area contributed by atoms with E-state index in [2.05, 4.69) is 13.0 Å². The van der Waals surface area contributed by atoms with Crippen molar-refractivity contribution in [3.8, 4) is 0 Å². The first-order chi connectivity index (χ1) is 9.60. The smallest absolute Gasteiger partial charge is 0.159 e. The van der Waals surface area contributed by atoms with Gasteiger partial charge in [0.2, 0.25) is 0 Å². The van der Waals surface area contributed by atoms with Crippen LogP contribution in [0, 0.1) is 11.8 Å². The monoisotopic (exact) mass is 274 g/mol. The van der Waals surface area contributed by atoms with Crippen LogP contribution in [0.3, 0.4) is 0 Å². The van der Waals surface area contributed by atoms with Crippen LogP contribution < -0.4 is 0 Å². The van der Waals surface area contributed by atoms with E-state index in [0.717, 1.165) is 29.2 Å². The van der Waals surface area contributed by atoms with E-state index in [1.807, 2.05) is 19.1 Å². The Hall–Kier alpha value is -1.31. The van der Waals surface area contributed by atoms with Crippen molar-refractivity contribution in [1.82, 2.24) is 0 Å². The number of methoxy groups -OCH3 is 1. The van der Waals surface area contributed by atoms with Gasteiger partial charge in [-0.3, -0.25) is 4.79 Å². The fourth-order valence-corrected chi connectivity index (χ4v) is 3.12. The summed E-state index contributed by atoms with van der Waals surface area (Å²) in [6.45, 7) is 4.33. The minimum absolute atomic E-state index is 0.304. The molecule has 2 aliphatic carbocycles. The molecular weight excluding hydrogens is 248 g/mol. The SMILES string of the molecule is COC1=C(C)C=CCC(C(=O)CC2CCC(C)CC2)=C1. The van der Waals surface area contributed by atoms with Crippen LogP contribution in [0.5, 0.6) is 0 Å². The van der Waals surface area contributed by atoms with Crippen molar-refractivity contribution in [2.75, 3.05) is 7.11 Å². The highest BCUT2D eigenvalue weighted by molar-refractivity contribution is 5.96. The van der Waals surface area contributed by atoms with Crippen LogP contribution in [0.15, 0.2) is 35.1 Å². The normalized spacial score (nSPS) is 27.1. The Balaban J connectivity index is 2.00. The van der Waals surface area contributed by atoms with Gasteiger partial charge in [-0.1, -0.05) is 31.9 Å². The summed E-state index contributed by atoms with van der Waals surface area (Å²) in [4.78, 5) is 12.5. The average molecular weight is 274 g/mol. The molecule has 2 rings (SSSR count). The first-order valence-corrected chi connectivity index (χ1v) is 7.75. The van der Waals surface area contributed by atoms with Crippen LogP contribution >= 0.6 is 0 Å². The molecule has 2 aliphatic rings. The van der Waals surface area contributed by atoms with Gasteiger partial charge in [-0.15, -0.1) is 0 Å². The minimum Gasteiger partial charge on any atom is -0.496 e. The molecule has 0 N–H and O–H groups in total. The summed E-state index contributed by atoms with van der Waals surface area (Å²) in [6.07, 6.45) is 12.5. The molecule has 0 aromatic carbocycles. The second kappa shape index (κ2) is 6.92. The Morgan fingerprint density at radius 2 is 2.00 bits per heavy atom. The van der Waals surface area contributed by atoms with Gasteiger partial charge in [0.25, 0.3) is 0 Å². The van der Waals surface area contributed by atoms with E-state index in [0.29, 0.717) is 18.1 Å². The summed E-state index contributed by atoms with van der Waals surface area (Å²) in [6, 6.07) is 0. The third-order valence-electron chi connectivity index (χ3n) is 4.59. The van der Waals surface area contributed by atoms with E-state index in [1.165, 1.54) is 25.7 Å². The third kappa shape index (κ3) is 3.84. The Kier molecular flexibility index (Phi) is 5.22. The topological polar surface area (TPSA) is 26.3 Å². The highest BCUT2D eigenvalue weighted by Gasteiger charge is 2.22. The number of Topliss-reactive ketones (excluding diaryl/α,β-unsaturated/α-hetero) is 1. The van der Waals surface area contributed by atoms with Gasteiger partial charge in [0.05, 0.1) is 7.11 Å². The fraction of sp³-hybridized carbons (Fsp3) is 0.611. The van der Waals surface area contributed by atoms with Crippen LogP contribution in [0.2, 0.25) is 0 Å². The maximum absolute atomic E-state index is 12.5. The molecule has 0 spiro atoms. The van der Waals surface area contributed by atoms with Crippen molar-refractivity contribution < 1.29 is 9.53 Å². The van der Waals surface area contributed by atoms with Gasteiger partial charge >= 0.3 is 0 Å². The van der Waals surface area contributed by atoms with Gasteiger partial charge in [0.1, 0.15) is 5.76 Å². The van der Waals surface area contributed by atoms with Crippen molar-refractivity contribution in [1.29, 1.82) is 0 Å². The lowest BCUT2D eigenvalue weighted by Gasteiger charge is -2.25. The number of hydrogen-bond donors (Lipinski definition) is 0. The molecule has 110 valence electrons. The zero-order chi connectivity index (χ0) is 14.5. The largest absolute Gasteiger partial charge is 0.496 e. The zero-order valence-electron chi connectivity index (χ0n) is 12.9.